The van der Waals surface area contributed by atoms with Crippen molar-refractivity contribution >= 4 is 73.3 Å². The molecule has 188 valence electrons. The molecule has 0 saturated carbocycles. The van der Waals surface area contributed by atoms with Gasteiger partial charge in [0, 0.05) is 38.0 Å². The van der Waals surface area contributed by atoms with Crippen LogP contribution in [0.15, 0.2) is 76.2 Å². The predicted molar refractivity (Wildman–Crippen MR) is 158 cm³/mol. The maximum Gasteiger partial charge on any atom is 0.259 e. The molecule has 0 spiro atoms. The van der Waals surface area contributed by atoms with Gasteiger partial charge in [-0.25, -0.2) is 4.99 Å². The molecule has 1 aromatic heterocycles. The molecule has 0 saturated heterocycles. The maximum atomic E-state index is 13.4. The molecule has 1 aliphatic carbocycles. The van der Waals surface area contributed by atoms with Crippen LogP contribution in [0.5, 0.6) is 5.75 Å². The van der Waals surface area contributed by atoms with E-state index in [9.17, 15) is 4.79 Å². The number of halogens is 3. The van der Waals surface area contributed by atoms with Crippen molar-refractivity contribution in [3.63, 3.8) is 0 Å². The Kier molecular flexibility index (Phi) is 8.30. The number of carbonyl (C=O) groups is 1. The molecule has 1 heterocycles. The molecule has 4 aromatic rings. The molecule has 5 rings (SSSR count). The number of benzene rings is 3. The summed E-state index contributed by atoms with van der Waals surface area (Å²) in [6, 6.07) is 20.6. The summed E-state index contributed by atoms with van der Waals surface area (Å²) in [5.74, 6) is 0.463. The molecule has 8 heteroatoms. The molecule has 0 atom stereocenters. The first-order valence-corrected chi connectivity index (χ1v) is 14.3. The van der Waals surface area contributed by atoms with Crippen LogP contribution in [-0.4, -0.2) is 12.1 Å². The molecule has 1 amide bonds. The molecular weight excluding hydrogens is 591 g/mol. The Morgan fingerprint density at radius 2 is 1.81 bits per heavy atom. The van der Waals surface area contributed by atoms with Crippen molar-refractivity contribution in [1.29, 1.82) is 0 Å². The number of thiophene rings is 1. The predicted octanol–water partition coefficient (Wildman–Crippen LogP) is 9.28. The highest BCUT2D eigenvalue weighted by Gasteiger charge is 2.25. The quantitative estimate of drug-likeness (QED) is 0.211. The average molecular weight is 614 g/mol. The third kappa shape index (κ3) is 6.10. The van der Waals surface area contributed by atoms with Crippen molar-refractivity contribution in [2.24, 2.45) is 4.99 Å². The van der Waals surface area contributed by atoms with E-state index in [-0.39, 0.29) is 5.91 Å². The van der Waals surface area contributed by atoms with Gasteiger partial charge < -0.3 is 10.1 Å². The SMILES string of the molecule is O=C(Nc1ccccc1)c1c(N=Cc2cc(Cl)cc(Br)c2OCc2ccccc2Cl)sc2c1CCCC2. The second kappa shape index (κ2) is 11.8. The zero-order valence-corrected chi connectivity index (χ0v) is 23.7. The van der Waals surface area contributed by atoms with Crippen LogP contribution in [0.4, 0.5) is 10.7 Å². The van der Waals surface area contributed by atoms with E-state index in [2.05, 4.69) is 21.2 Å². The third-order valence-corrected chi connectivity index (χ3v) is 8.48. The van der Waals surface area contributed by atoms with Gasteiger partial charge in [0.25, 0.3) is 5.91 Å². The maximum absolute atomic E-state index is 13.4. The number of hydrogen-bond acceptors (Lipinski definition) is 4. The molecule has 0 bridgehead atoms. The largest absolute Gasteiger partial charge is 0.487 e. The number of nitrogens with zero attached hydrogens (tertiary/aromatic N) is 1. The number of nitrogens with one attached hydrogen (secondary N) is 1. The summed E-state index contributed by atoms with van der Waals surface area (Å²) in [5.41, 5.74) is 4.10. The first-order chi connectivity index (χ1) is 18.0. The average Bonchev–Trinajstić information content (AvgIpc) is 3.27. The van der Waals surface area contributed by atoms with Gasteiger partial charge in [-0.05, 0) is 77.5 Å². The number of para-hydroxylation sites is 1. The summed E-state index contributed by atoms with van der Waals surface area (Å²) in [6.45, 7) is 0.290. The zero-order chi connectivity index (χ0) is 25.8. The number of carbonyl (C=O) groups excluding carboxylic acids is 1. The Labute approximate surface area is 238 Å². The monoisotopic (exact) mass is 612 g/mol. The number of aryl methyl sites for hydroxylation is 1. The van der Waals surface area contributed by atoms with Gasteiger partial charge in [0.2, 0.25) is 0 Å². The van der Waals surface area contributed by atoms with Gasteiger partial charge in [0.15, 0.2) is 0 Å². The van der Waals surface area contributed by atoms with Crippen LogP contribution in [0, 0.1) is 0 Å². The summed E-state index contributed by atoms with van der Waals surface area (Å²) < 4.78 is 6.87. The summed E-state index contributed by atoms with van der Waals surface area (Å²) in [5, 5.41) is 4.91. The van der Waals surface area contributed by atoms with Crippen molar-refractivity contribution in [3.8, 4) is 5.75 Å². The van der Waals surface area contributed by atoms with E-state index in [1.807, 2.05) is 54.6 Å². The summed E-state index contributed by atoms with van der Waals surface area (Å²) in [7, 11) is 0. The first-order valence-electron chi connectivity index (χ1n) is 11.9. The molecule has 1 N–H and O–H groups in total. The molecule has 0 unspecified atom stereocenters. The summed E-state index contributed by atoms with van der Waals surface area (Å²) >= 11 is 17.8. The van der Waals surface area contributed by atoms with Gasteiger partial charge in [-0.15, -0.1) is 11.3 Å². The minimum atomic E-state index is -0.139. The number of hydrogen-bond donors (Lipinski definition) is 1. The highest BCUT2D eigenvalue weighted by molar-refractivity contribution is 9.10. The first kappa shape index (κ1) is 26.0. The van der Waals surface area contributed by atoms with Crippen LogP contribution < -0.4 is 10.1 Å². The zero-order valence-electron chi connectivity index (χ0n) is 19.8. The number of anilines is 1. The lowest BCUT2D eigenvalue weighted by atomic mass is 9.95. The molecule has 1 aliphatic rings. The van der Waals surface area contributed by atoms with E-state index in [0.717, 1.165) is 42.5 Å². The fraction of sp³-hybridized carbons (Fsp3) is 0.172. The highest BCUT2D eigenvalue weighted by atomic mass is 79.9. The lowest BCUT2D eigenvalue weighted by Gasteiger charge is -2.13. The molecule has 3 aromatic carbocycles. The summed E-state index contributed by atoms with van der Waals surface area (Å²) in [4.78, 5) is 19.4. The van der Waals surface area contributed by atoms with Crippen LogP contribution in [0.3, 0.4) is 0 Å². The number of amides is 1. The Morgan fingerprint density at radius 3 is 2.62 bits per heavy atom. The topological polar surface area (TPSA) is 50.7 Å². The minimum absolute atomic E-state index is 0.139. The van der Waals surface area contributed by atoms with Gasteiger partial charge in [0.05, 0.1) is 10.0 Å². The lowest BCUT2D eigenvalue weighted by molar-refractivity contribution is 0.102. The molecule has 4 nitrogen and oxygen atoms in total. The van der Waals surface area contributed by atoms with E-state index in [1.54, 1.807) is 29.7 Å². The van der Waals surface area contributed by atoms with Gasteiger partial charge in [-0.1, -0.05) is 59.6 Å². The van der Waals surface area contributed by atoms with Crippen molar-refractivity contribution in [2.75, 3.05) is 5.32 Å². The molecule has 37 heavy (non-hydrogen) atoms. The third-order valence-electron chi connectivity index (χ3n) is 6.10. The van der Waals surface area contributed by atoms with Crippen LogP contribution in [0.25, 0.3) is 0 Å². The Balaban J connectivity index is 1.48. The van der Waals surface area contributed by atoms with E-state index in [0.29, 0.717) is 43.0 Å². The molecule has 0 fully saturated rings. The van der Waals surface area contributed by atoms with E-state index < -0.39 is 0 Å². The number of fused-ring (bicyclic) bond motifs is 1. The smallest absolute Gasteiger partial charge is 0.259 e. The fourth-order valence-electron chi connectivity index (χ4n) is 4.31. The van der Waals surface area contributed by atoms with Gasteiger partial charge >= 0.3 is 0 Å². The standard InChI is InChI=1S/C29H23BrCl2N2O2S/c30-23-15-20(31)14-19(27(23)36-17-18-8-4-6-12-24(18)32)16-33-29-26(22-11-5-7-13-25(22)37-29)28(35)34-21-9-2-1-3-10-21/h1-4,6,8-10,12,14-16H,5,7,11,13,17H2,(H,34,35). The van der Waals surface area contributed by atoms with Crippen LogP contribution in [0.2, 0.25) is 10.0 Å². The molecular formula is C29H23BrCl2N2O2S. The van der Waals surface area contributed by atoms with Gasteiger partial charge in [0.1, 0.15) is 17.4 Å². The highest BCUT2D eigenvalue weighted by Crippen LogP contribution is 2.41. The van der Waals surface area contributed by atoms with Crippen molar-refractivity contribution in [2.45, 2.75) is 32.3 Å². The van der Waals surface area contributed by atoms with Crippen LogP contribution in [-0.2, 0) is 19.4 Å². The number of aliphatic imine (C=N–C) groups is 1. The molecule has 0 radical (unpaired) electrons. The van der Waals surface area contributed by atoms with Crippen molar-refractivity contribution in [3.05, 3.63) is 108 Å². The summed E-state index contributed by atoms with van der Waals surface area (Å²) in [6.07, 6.45) is 5.76. The Morgan fingerprint density at radius 1 is 1.05 bits per heavy atom. The fourth-order valence-corrected chi connectivity index (χ4v) is 6.68. The second-order valence-corrected chi connectivity index (χ2v) is 11.4. The number of rotatable bonds is 7. The lowest BCUT2D eigenvalue weighted by Crippen LogP contribution is -2.14. The van der Waals surface area contributed by atoms with E-state index in [4.69, 9.17) is 32.9 Å². The Bertz CT molecular complexity index is 1470. The van der Waals surface area contributed by atoms with Crippen molar-refractivity contribution < 1.29 is 9.53 Å². The van der Waals surface area contributed by atoms with E-state index in [1.165, 1.54) is 4.88 Å². The second-order valence-electron chi connectivity index (χ2n) is 8.66. The number of ether oxygens (including phenoxy) is 1. The van der Waals surface area contributed by atoms with Crippen LogP contribution >= 0.6 is 50.5 Å². The molecule has 0 aliphatic heterocycles. The Hall–Kier alpha value is -2.64. The van der Waals surface area contributed by atoms with Crippen molar-refractivity contribution in [1.82, 2.24) is 0 Å². The van der Waals surface area contributed by atoms with Gasteiger partial charge in [-0.3, -0.25) is 4.79 Å². The van der Waals surface area contributed by atoms with E-state index >= 15 is 0 Å². The van der Waals surface area contributed by atoms with Gasteiger partial charge in [-0.2, -0.15) is 0 Å². The van der Waals surface area contributed by atoms with Crippen LogP contribution in [0.1, 0.15) is 44.8 Å². The minimum Gasteiger partial charge on any atom is -0.487 e. The normalized spacial score (nSPS) is 12.9.